The molecule has 2 aliphatic rings. The van der Waals surface area contributed by atoms with Gasteiger partial charge in [-0.3, -0.25) is 4.79 Å². The van der Waals surface area contributed by atoms with Gasteiger partial charge >= 0.3 is 0 Å². The van der Waals surface area contributed by atoms with E-state index in [4.69, 9.17) is 10.2 Å². The van der Waals surface area contributed by atoms with Crippen LogP contribution in [0.5, 0.6) is 17.2 Å². The summed E-state index contributed by atoms with van der Waals surface area (Å²) in [6.45, 7) is 0.405. The normalized spacial score (nSPS) is 10.9. The Bertz CT molecular complexity index is 1140. The van der Waals surface area contributed by atoms with Crippen molar-refractivity contribution in [3.63, 3.8) is 0 Å². The second-order valence-corrected chi connectivity index (χ2v) is 6.61. The molecule has 0 atom stereocenters. The van der Waals surface area contributed by atoms with Gasteiger partial charge in [0.25, 0.3) is 5.91 Å². The van der Waals surface area contributed by atoms with Crippen LogP contribution in [0, 0.1) is 0 Å². The minimum absolute atomic E-state index is 0.126. The molecule has 2 aromatic rings. The maximum atomic E-state index is 12.9. The van der Waals surface area contributed by atoms with E-state index in [-0.39, 0.29) is 22.8 Å². The summed E-state index contributed by atoms with van der Waals surface area (Å²) < 4.78 is 5.51. The maximum absolute atomic E-state index is 12.9. The number of nitrogens with one attached hydrogen (secondary N) is 1. The molecule has 0 bridgehead atoms. The van der Waals surface area contributed by atoms with E-state index in [1.807, 2.05) is 12.1 Å². The number of aromatic hydroxyl groups is 3. The number of carbonyl (C=O) groups is 1. The van der Waals surface area contributed by atoms with Crippen LogP contribution in [0.3, 0.4) is 0 Å². The summed E-state index contributed by atoms with van der Waals surface area (Å²) >= 11 is 0. The van der Waals surface area contributed by atoms with Crippen LogP contribution >= 0.6 is 0 Å². The van der Waals surface area contributed by atoms with Gasteiger partial charge in [-0.1, -0.05) is 12.1 Å². The third kappa shape index (κ3) is 3.59. The van der Waals surface area contributed by atoms with Crippen molar-refractivity contribution in [2.45, 2.75) is 6.54 Å². The molecule has 2 aromatic carbocycles. The van der Waals surface area contributed by atoms with Gasteiger partial charge in [-0.2, -0.15) is 0 Å². The highest BCUT2D eigenvalue weighted by Crippen LogP contribution is 2.42. The van der Waals surface area contributed by atoms with Crippen LogP contribution < -0.4 is 11.1 Å². The lowest BCUT2D eigenvalue weighted by Gasteiger charge is -2.07. The Labute approximate surface area is 166 Å². The third-order valence-electron chi connectivity index (χ3n) is 4.56. The van der Waals surface area contributed by atoms with Crippen LogP contribution in [0.4, 0.5) is 5.69 Å². The van der Waals surface area contributed by atoms with Crippen molar-refractivity contribution in [3.05, 3.63) is 72.0 Å². The first kappa shape index (κ1) is 18.4. The number of phenols is 2. The van der Waals surface area contributed by atoms with Gasteiger partial charge in [0.2, 0.25) is 0 Å². The molecular formula is C22H18N2O5. The van der Waals surface area contributed by atoms with E-state index in [2.05, 4.69) is 5.32 Å². The minimum atomic E-state index is -0.396. The fourth-order valence-electron chi connectivity index (χ4n) is 3.20. The number of fused-ring (bicyclic) bond motifs is 1. The van der Waals surface area contributed by atoms with E-state index in [0.29, 0.717) is 34.7 Å². The van der Waals surface area contributed by atoms with E-state index in [1.54, 1.807) is 18.2 Å². The minimum Gasteiger partial charge on any atom is -0.508 e. The number of nitrogens with two attached hydrogens (primary N) is 1. The second-order valence-electron chi connectivity index (χ2n) is 6.61. The molecular weight excluding hydrogens is 372 g/mol. The van der Waals surface area contributed by atoms with Gasteiger partial charge in [-0.25, -0.2) is 0 Å². The van der Waals surface area contributed by atoms with Gasteiger partial charge in [0.1, 0.15) is 23.5 Å². The number of rotatable bonds is 4. The predicted octanol–water partition coefficient (Wildman–Crippen LogP) is 3.88. The molecule has 1 heterocycles. The number of carbonyl (C=O) groups excluding carboxylic acids is 1. The summed E-state index contributed by atoms with van der Waals surface area (Å²) in [5.41, 5.74) is 8.77. The Hall–Kier alpha value is -3.97. The van der Waals surface area contributed by atoms with Crippen LogP contribution in [-0.2, 0) is 6.54 Å². The van der Waals surface area contributed by atoms with Crippen LogP contribution in [0.15, 0.2) is 65.3 Å². The molecule has 0 saturated heterocycles. The molecule has 1 amide bonds. The van der Waals surface area contributed by atoms with Crippen molar-refractivity contribution in [3.8, 4) is 39.7 Å². The number of benzene rings is 2. The summed E-state index contributed by atoms with van der Waals surface area (Å²) in [7, 11) is 0. The van der Waals surface area contributed by atoms with Crippen LogP contribution in [0.25, 0.3) is 22.5 Å². The van der Waals surface area contributed by atoms with E-state index in [9.17, 15) is 20.1 Å². The van der Waals surface area contributed by atoms with E-state index < -0.39 is 5.91 Å². The third-order valence-corrected chi connectivity index (χ3v) is 4.56. The highest BCUT2D eigenvalue weighted by molar-refractivity contribution is 6.12. The smallest absolute Gasteiger partial charge is 0.256 e. The molecule has 1 aliphatic heterocycles. The molecule has 0 aromatic heterocycles. The number of hydrogen-bond acceptors (Lipinski definition) is 6. The van der Waals surface area contributed by atoms with Crippen molar-refractivity contribution in [1.29, 1.82) is 0 Å². The molecule has 0 unspecified atom stereocenters. The lowest BCUT2D eigenvalue weighted by atomic mass is 10.1. The molecule has 0 spiro atoms. The fourth-order valence-corrected chi connectivity index (χ4v) is 3.20. The monoisotopic (exact) mass is 390 g/mol. The summed E-state index contributed by atoms with van der Waals surface area (Å²) in [4.78, 5) is 12.9. The molecule has 6 N–H and O–H groups in total. The van der Waals surface area contributed by atoms with Crippen molar-refractivity contribution < 1.29 is 24.5 Å². The summed E-state index contributed by atoms with van der Waals surface area (Å²) in [6, 6.07) is 14.3. The van der Waals surface area contributed by atoms with Gasteiger partial charge in [0.15, 0.2) is 5.75 Å². The Kier molecular flexibility index (Phi) is 4.58. The van der Waals surface area contributed by atoms with Crippen LogP contribution in [0.1, 0.15) is 15.9 Å². The second kappa shape index (κ2) is 7.21. The van der Waals surface area contributed by atoms with Crippen molar-refractivity contribution in [2.24, 2.45) is 5.73 Å². The summed E-state index contributed by atoms with van der Waals surface area (Å²) in [6.07, 6.45) is 1.15. The summed E-state index contributed by atoms with van der Waals surface area (Å²) in [5, 5.41) is 32.3. The first-order valence-electron chi connectivity index (χ1n) is 8.82. The number of amides is 1. The quantitative estimate of drug-likeness (QED) is 0.360. The van der Waals surface area contributed by atoms with Crippen molar-refractivity contribution in [1.82, 2.24) is 0 Å². The molecule has 0 radical (unpaired) electrons. The van der Waals surface area contributed by atoms with Gasteiger partial charge in [-0.15, -0.1) is 0 Å². The average molecular weight is 390 g/mol. The topological polar surface area (TPSA) is 129 Å². The first-order valence-corrected chi connectivity index (χ1v) is 8.82. The molecule has 146 valence electrons. The molecule has 0 saturated carbocycles. The number of phenolic OH excluding ortho intramolecular Hbond substituents is 2. The summed E-state index contributed by atoms with van der Waals surface area (Å²) in [5.74, 6) is -0.434. The van der Waals surface area contributed by atoms with Crippen LogP contribution in [0.2, 0.25) is 0 Å². The molecule has 7 nitrogen and oxygen atoms in total. The highest BCUT2D eigenvalue weighted by atomic mass is 16.3. The largest absolute Gasteiger partial charge is 0.508 e. The number of hydrogen-bond donors (Lipinski definition) is 5. The van der Waals surface area contributed by atoms with Crippen molar-refractivity contribution in [2.75, 3.05) is 5.32 Å². The zero-order valence-electron chi connectivity index (χ0n) is 15.2. The van der Waals surface area contributed by atoms with E-state index in [0.717, 1.165) is 11.8 Å². The maximum Gasteiger partial charge on any atom is 0.256 e. The highest BCUT2D eigenvalue weighted by Gasteiger charge is 2.25. The predicted molar refractivity (Wildman–Crippen MR) is 108 cm³/mol. The Morgan fingerprint density at radius 2 is 1.59 bits per heavy atom. The Morgan fingerprint density at radius 1 is 0.897 bits per heavy atom. The zero-order chi connectivity index (χ0) is 20.5. The molecule has 1 aliphatic carbocycles. The standard InChI is InChI=1S/C22H18N2O5/c23-10-12-1-3-14(4-2-12)24-22(28)20-9-18(13-5-15(25)7-16(26)6-13)21-19(20)8-17(27)11-29-21/h1-9,11,25-27H,10,23H2,(H,24,28). The fraction of sp³-hybridized carbons (Fsp3) is 0.0455. The lowest BCUT2D eigenvalue weighted by molar-refractivity contribution is 0.102. The Balaban J connectivity index is 1.77. The van der Waals surface area contributed by atoms with Crippen LogP contribution in [-0.4, -0.2) is 21.2 Å². The molecule has 7 heteroatoms. The molecule has 29 heavy (non-hydrogen) atoms. The molecule has 4 rings (SSSR count). The lowest BCUT2D eigenvalue weighted by Crippen LogP contribution is -2.11. The zero-order valence-corrected chi connectivity index (χ0v) is 15.2. The average Bonchev–Trinajstić information content (AvgIpc) is 3.06. The number of anilines is 1. The van der Waals surface area contributed by atoms with Crippen molar-refractivity contribution >= 4 is 11.6 Å². The Morgan fingerprint density at radius 3 is 2.24 bits per heavy atom. The van der Waals surface area contributed by atoms with E-state index in [1.165, 1.54) is 24.3 Å². The van der Waals surface area contributed by atoms with Gasteiger partial charge in [0, 0.05) is 29.4 Å². The van der Waals surface area contributed by atoms with Gasteiger partial charge in [0.05, 0.1) is 5.56 Å². The van der Waals surface area contributed by atoms with Gasteiger partial charge < -0.3 is 30.8 Å². The van der Waals surface area contributed by atoms with Gasteiger partial charge in [-0.05, 0) is 47.5 Å². The first-order chi connectivity index (χ1) is 13.9. The SMILES string of the molecule is NCc1ccc(NC(=O)c2cc(-c3cc(O)cc(O)c3)c3occ(O)cc2-3)cc1. The molecule has 0 fully saturated rings. The van der Waals surface area contributed by atoms with E-state index >= 15 is 0 Å².